The van der Waals surface area contributed by atoms with Crippen LogP contribution in [0.1, 0.15) is 11.1 Å². The molecule has 0 atom stereocenters. The summed E-state index contributed by atoms with van der Waals surface area (Å²) in [5.41, 5.74) is 0.383. The standard InChI is InChI=1S/C18H13F3N2O3/c19-18(20,21)13-3-5-14(6-4-13)26-15-9-11(10-23-17(24)25)8-12-2-1-7-22-16(12)15/h1-9,23H,10H2,(H,24,25). The normalized spacial score (nSPS) is 11.3. The number of benzene rings is 2. The first-order valence-electron chi connectivity index (χ1n) is 7.52. The highest BCUT2D eigenvalue weighted by atomic mass is 19.4. The van der Waals surface area contributed by atoms with Crippen LogP contribution in [0.3, 0.4) is 0 Å². The number of pyridine rings is 1. The third-order valence-electron chi connectivity index (χ3n) is 3.58. The van der Waals surface area contributed by atoms with Crippen molar-refractivity contribution in [3.63, 3.8) is 0 Å². The second kappa shape index (κ2) is 6.91. The maximum atomic E-state index is 12.7. The Morgan fingerprint density at radius 1 is 1.15 bits per heavy atom. The van der Waals surface area contributed by atoms with E-state index in [4.69, 9.17) is 9.84 Å². The molecule has 3 aromatic rings. The molecule has 0 bridgehead atoms. The van der Waals surface area contributed by atoms with Crippen molar-refractivity contribution < 1.29 is 27.8 Å². The monoisotopic (exact) mass is 362 g/mol. The van der Waals surface area contributed by atoms with Crippen LogP contribution in [0.25, 0.3) is 10.9 Å². The summed E-state index contributed by atoms with van der Waals surface area (Å²) in [6.07, 6.45) is -4.02. The average Bonchev–Trinajstić information content (AvgIpc) is 2.59. The van der Waals surface area contributed by atoms with Crippen molar-refractivity contribution in [1.29, 1.82) is 0 Å². The number of ether oxygens (including phenoxy) is 1. The minimum atomic E-state index is -4.42. The summed E-state index contributed by atoms with van der Waals surface area (Å²) in [4.78, 5) is 14.9. The fourth-order valence-corrected chi connectivity index (χ4v) is 2.41. The van der Waals surface area contributed by atoms with Crippen molar-refractivity contribution in [1.82, 2.24) is 10.3 Å². The van der Waals surface area contributed by atoms with E-state index in [0.29, 0.717) is 16.8 Å². The number of carboxylic acid groups (broad SMARTS) is 1. The van der Waals surface area contributed by atoms with Gasteiger partial charge in [0.25, 0.3) is 0 Å². The van der Waals surface area contributed by atoms with Crippen LogP contribution < -0.4 is 10.1 Å². The van der Waals surface area contributed by atoms with Gasteiger partial charge in [-0.15, -0.1) is 0 Å². The van der Waals surface area contributed by atoms with Gasteiger partial charge in [-0.2, -0.15) is 13.2 Å². The lowest BCUT2D eigenvalue weighted by atomic mass is 10.1. The second-order valence-electron chi connectivity index (χ2n) is 5.45. The molecule has 134 valence electrons. The predicted octanol–water partition coefficient (Wildman–Crippen LogP) is 4.81. The van der Waals surface area contributed by atoms with Gasteiger partial charge in [-0.3, -0.25) is 4.98 Å². The van der Waals surface area contributed by atoms with Crippen LogP contribution in [0.2, 0.25) is 0 Å². The number of hydrogen-bond acceptors (Lipinski definition) is 3. The summed E-state index contributed by atoms with van der Waals surface area (Å²) in [6.45, 7) is 0.0591. The Kier molecular flexibility index (Phi) is 4.66. The summed E-state index contributed by atoms with van der Waals surface area (Å²) < 4.78 is 43.7. The Hall–Kier alpha value is -3.29. The Labute approximate surface area is 146 Å². The molecule has 26 heavy (non-hydrogen) atoms. The molecule has 0 aliphatic carbocycles. The molecule has 1 aromatic heterocycles. The first kappa shape index (κ1) is 17.5. The summed E-state index contributed by atoms with van der Waals surface area (Å²) >= 11 is 0. The smallest absolute Gasteiger partial charge is 0.416 e. The molecule has 0 saturated heterocycles. The summed E-state index contributed by atoms with van der Waals surface area (Å²) in [5, 5.41) is 11.7. The van der Waals surface area contributed by atoms with E-state index in [9.17, 15) is 18.0 Å². The third-order valence-corrected chi connectivity index (χ3v) is 3.58. The van der Waals surface area contributed by atoms with Gasteiger partial charge in [-0.25, -0.2) is 4.79 Å². The van der Waals surface area contributed by atoms with Crippen LogP contribution in [-0.4, -0.2) is 16.2 Å². The predicted molar refractivity (Wildman–Crippen MR) is 88.1 cm³/mol. The zero-order valence-corrected chi connectivity index (χ0v) is 13.2. The maximum absolute atomic E-state index is 12.7. The largest absolute Gasteiger partial charge is 0.465 e. The zero-order chi connectivity index (χ0) is 18.7. The molecule has 5 nitrogen and oxygen atoms in total. The number of aromatic nitrogens is 1. The van der Waals surface area contributed by atoms with E-state index in [-0.39, 0.29) is 12.3 Å². The van der Waals surface area contributed by atoms with E-state index in [1.54, 1.807) is 30.5 Å². The number of carbonyl (C=O) groups is 1. The van der Waals surface area contributed by atoms with Crippen molar-refractivity contribution >= 4 is 17.0 Å². The molecule has 1 heterocycles. The van der Waals surface area contributed by atoms with Crippen LogP contribution in [0.5, 0.6) is 11.5 Å². The highest BCUT2D eigenvalue weighted by Gasteiger charge is 2.30. The maximum Gasteiger partial charge on any atom is 0.416 e. The van der Waals surface area contributed by atoms with Gasteiger partial charge in [-0.1, -0.05) is 6.07 Å². The molecule has 0 spiro atoms. The molecule has 0 aliphatic rings. The molecule has 8 heteroatoms. The van der Waals surface area contributed by atoms with Crippen molar-refractivity contribution in [2.24, 2.45) is 0 Å². The topological polar surface area (TPSA) is 71.5 Å². The van der Waals surface area contributed by atoms with Gasteiger partial charge >= 0.3 is 12.3 Å². The molecule has 2 aromatic carbocycles. The summed E-state index contributed by atoms with van der Waals surface area (Å²) in [6, 6.07) is 11.2. The van der Waals surface area contributed by atoms with Crippen LogP contribution >= 0.6 is 0 Å². The molecule has 0 fully saturated rings. The number of amides is 1. The number of rotatable bonds is 4. The van der Waals surface area contributed by atoms with Crippen LogP contribution in [0, 0.1) is 0 Å². The molecular formula is C18H13F3N2O3. The SMILES string of the molecule is O=C(O)NCc1cc(Oc2ccc(C(F)(F)F)cc2)c2ncccc2c1. The quantitative estimate of drug-likeness (QED) is 0.698. The molecule has 2 N–H and O–H groups in total. The van der Waals surface area contributed by atoms with Gasteiger partial charge in [0.15, 0.2) is 5.75 Å². The Morgan fingerprint density at radius 3 is 2.54 bits per heavy atom. The molecule has 0 unspecified atom stereocenters. The minimum Gasteiger partial charge on any atom is -0.465 e. The number of fused-ring (bicyclic) bond motifs is 1. The molecular weight excluding hydrogens is 349 g/mol. The lowest BCUT2D eigenvalue weighted by molar-refractivity contribution is -0.137. The average molecular weight is 362 g/mol. The molecule has 0 radical (unpaired) electrons. The fraction of sp³-hybridized carbons (Fsp3) is 0.111. The van der Waals surface area contributed by atoms with Crippen LogP contribution in [0.15, 0.2) is 54.7 Å². The summed E-state index contributed by atoms with van der Waals surface area (Å²) in [5.74, 6) is 0.540. The van der Waals surface area contributed by atoms with E-state index in [0.717, 1.165) is 17.5 Å². The van der Waals surface area contributed by atoms with E-state index in [1.807, 2.05) is 0 Å². The number of nitrogens with zero attached hydrogens (tertiary/aromatic N) is 1. The van der Waals surface area contributed by atoms with Crippen LogP contribution in [0.4, 0.5) is 18.0 Å². The van der Waals surface area contributed by atoms with E-state index in [2.05, 4.69) is 10.3 Å². The number of alkyl halides is 3. The van der Waals surface area contributed by atoms with Crippen molar-refractivity contribution in [2.45, 2.75) is 12.7 Å². The van der Waals surface area contributed by atoms with Gasteiger partial charge in [0.05, 0.1) is 5.56 Å². The van der Waals surface area contributed by atoms with Crippen molar-refractivity contribution in [2.75, 3.05) is 0 Å². The van der Waals surface area contributed by atoms with Gasteiger partial charge in [0.1, 0.15) is 11.3 Å². The molecule has 0 aliphatic heterocycles. The number of hydrogen-bond donors (Lipinski definition) is 2. The Balaban J connectivity index is 1.94. The first-order valence-corrected chi connectivity index (χ1v) is 7.52. The van der Waals surface area contributed by atoms with Gasteiger partial charge < -0.3 is 15.2 Å². The Morgan fingerprint density at radius 2 is 1.88 bits per heavy atom. The van der Waals surface area contributed by atoms with E-state index < -0.39 is 17.8 Å². The fourth-order valence-electron chi connectivity index (χ4n) is 2.41. The molecule has 1 amide bonds. The third kappa shape index (κ3) is 4.02. The highest BCUT2D eigenvalue weighted by molar-refractivity contribution is 5.85. The highest BCUT2D eigenvalue weighted by Crippen LogP contribution is 2.33. The lowest BCUT2D eigenvalue weighted by Gasteiger charge is -2.12. The van der Waals surface area contributed by atoms with E-state index >= 15 is 0 Å². The minimum absolute atomic E-state index is 0.0591. The number of halogens is 3. The van der Waals surface area contributed by atoms with Gasteiger partial charge in [0.2, 0.25) is 0 Å². The number of nitrogens with one attached hydrogen (secondary N) is 1. The molecule has 0 saturated carbocycles. The zero-order valence-electron chi connectivity index (χ0n) is 13.2. The van der Waals surface area contributed by atoms with Gasteiger partial charge in [0, 0.05) is 18.1 Å². The molecule has 3 rings (SSSR count). The Bertz CT molecular complexity index is 941. The van der Waals surface area contributed by atoms with Crippen molar-refractivity contribution in [3.8, 4) is 11.5 Å². The van der Waals surface area contributed by atoms with Crippen molar-refractivity contribution in [3.05, 3.63) is 65.9 Å². The van der Waals surface area contributed by atoms with Crippen LogP contribution in [-0.2, 0) is 12.7 Å². The summed E-state index contributed by atoms with van der Waals surface area (Å²) in [7, 11) is 0. The first-order chi connectivity index (χ1) is 12.3. The van der Waals surface area contributed by atoms with E-state index in [1.165, 1.54) is 12.1 Å². The van der Waals surface area contributed by atoms with Gasteiger partial charge in [-0.05, 0) is 48.0 Å². The second-order valence-corrected chi connectivity index (χ2v) is 5.45. The lowest BCUT2D eigenvalue weighted by Crippen LogP contribution is -2.19.